The van der Waals surface area contributed by atoms with E-state index >= 15 is 0 Å². The van der Waals surface area contributed by atoms with E-state index in [1.807, 2.05) is 62.4 Å². The number of phenolic OH excluding ortho intramolecular Hbond substituents is 1. The van der Waals surface area contributed by atoms with Gasteiger partial charge in [-0.2, -0.15) is 0 Å². The van der Waals surface area contributed by atoms with Crippen LogP contribution in [0.5, 0.6) is 17.2 Å². The number of fused-ring (bicyclic) bond motifs is 2. The molecule has 0 saturated heterocycles. The Labute approximate surface area is 302 Å². The Bertz CT molecular complexity index is 2120. The SMILES string of the molecule is COC(=O)[C@H](Cc1ccc(-c2ccnc(C)c2C)cc1)NC(=O)[C@@H]1Cc2cc3c(cc2CN1C(=O)c1ccccc1)OC(c1ccc(O)cc1)CO3. The molecule has 1 unspecified atom stereocenters. The summed E-state index contributed by atoms with van der Waals surface area (Å²) in [6, 6.07) is 27.3. The Balaban J connectivity index is 1.14. The Morgan fingerprint density at radius 2 is 1.67 bits per heavy atom. The van der Waals surface area contributed by atoms with Gasteiger partial charge in [-0.15, -0.1) is 0 Å². The number of hydrogen-bond donors (Lipinski definition) is 2. The van der Waals surface area contributed by atoms with E-state index in [1.54, 1.807) is 59.6 Å². The van der Waals surface area contributed by atoms with Crippen molar-refractivity contribution in [2.24, 2.45) is 0 Å². The third-order valence-electron chi connectivity index (χ3n) is 9.87. The number of methoxy groups -OCH3 is 1. The lowest BCUT2D eigenvalue weighted by Gasteiger charge is -2.37. The zero-order chi connectivity index (χ0) is 36.4. The molecule has 0 fully saturated rings. The Morgan fingerprint density at radius 1 is 0.942 bits per heavy atom. The smallest absolute Gasteiger partial charge is 0.328 e. The van der Waals surface area contributed by atoms with Crippen molar-refractivity contribution < 1.29 is 33.7 Å². The number of pyridine rings is 1. The van der Waals surface area contributed by atoms with Crippen molar-refractivity contribution in [2.45, 2.75) is 51.4 Å². The first-order valence-corrected chi connectivity index (χ1v) is 17.2. The minimum atomic E-state index is -0.986. The summed E-state index contributed by atoms with van der Waals surface area (Å²) < 4.78 is 17.6. The zero-order valence-corrected chi connectivity index (χ0v) is 29.2. The molecular weight excluding hydrogens is 658 g/mol. The van der Waals surface area contributed by atoms with Gasteiger partial charge in [-0.1, -0.05) is 54.6 Å². The lowest BCUT2D eigenvalue weighted by atomic mass is 9.91. The van der Waals surface area contributed by atoms with Gasteiger partial charge in [0.05, 0.1) is 7.11 Å². The number of amides is 2. The molecule has 0 spiro atoms. The molecule has 10 heteroatoms. The maximum atomic E-state index is 14.2. The normalized spacial score (nSPS) is 16.7. The van der Waals surface area contributed by atoms with Crippen LogP contribution in [0.4, 0.5) is 0 Å². The van der Waals surface area contributed by atoms with E-state index in [1.165, 1.54) is 7.11 Å². The second kappa shape index (κ2) is 14.6. The van der Waals surface area contributed by atoms with Crippen molar-refractivity contribution in [3.63, 3.8) is 0 Å². The number of ether oxygens (including phenoxy) is 3. The van der Waals surface area contributed by atoms with Crippen LogP contribution in [0.15, 0.2) is 103 Å². The first kappa shape index (κ1) is 34.3. The first-order chi connectivity index (χ1) is 25.2. The molecule has 10 nitrogen and oxygen atoms in total. The van der Waals surface area contributed by atoms with Gasteiger partial charge in [-0.3, -0.25) is 14.6 Å². The molecule has 2 amide bonds. The van der Waals surface area contributed by atoms with Crippen LogP contribution in [0.1, 0.15) is 50.0 Å². The van der Waals surface area contributed by atoms with Crippen molar-refractivity contribution in [1.29, 1.82) is 0 Å². The van der Waals surface area contributed by atoms with Crippen LogP contribution < -0.4 is 14.8 Å². The second-order valence-corrected chi connectivity index (χ2v) is 13.1. The maximum Gasteiger partial charge on any atom is 0.328 e. The van der Waals surface area contributed by atoms with Gasteiger partial charge in [-0.25, -0.2) is 4.79 Å². The predicted molar refractivity (Wildman–Crippen MR) is 194 cm³/mol. The van der Waals surface area contributed by atoms with Crippen molar-refractivity contribution in [3.05, 3.63) is 142 Å². The summed E-state index contributed by atoms with van der Waals surface area (Å²) in [5.74, 6) is -0.122. The number of benzene rings is 4. The molecule has 7 rings (SSSR count). The van der Waals surface area contributed by atoms with E-state index in [-0.39, 0.29) is 43.8 Å². The third kappa shape index (κ3) is 7.05. The minimum absolute atomic E-state index is 0.139. The van der Waals surface area contributed by atoms with Crippen molar-refractivity contribution in [3.8, 4) is 28.4 Å². The Kier molecular flexibility index (Phi) is 9.63. The highest BCUT2D eigenvalue weighted by Gasteiger charge is 2.38. The van der Waals surface area contributed by atoms with Crippen LogP contribution >= 0.6 is 0 Å². The largest absolute Gasteiger partial charge is 0.508 e. The lowest BCUT2D eigenvalue weighted by Crippen LogP contribution is -2.56. The highest BCUT2D eigenvalue weighted by Crippen LogP contribution is 2.41. The van der Waals surface area contributed by atoms with Gasteiger partial charge in [0.1, 0.15) is 24.4 Å². The summed E-state index contributed by atoms with van der Waals surface area (Å²) in [6.07, 6.45) is 1.80. The first-order valence-electron chi connectivity index (χ1n) is 17.2. The summed E-state index contributed by atoms with van der Waals surface area (Å²) in [7, 11) is 1.29. The molecule has 3 atom stereocenters. The van der Waals surface area contributed by atoms with E-state index in [9.17, 15) is 19.5 Å². The van der Waals surface area contributed by atoms with E-state index in [0.29, 0.717) is 17.1 Å². The fourth-order valence-corrected chi connectivity index (χ4v) is 6.81. The maximum absolute atomic E-state index is 14.2. The molecule has 5 aromatic rings. The topological polar surface area (TPSA) is 127 Å². The number of nitrogens with one attached hydrogen (secondary N) is 1. The molecule has 2 aliphatic heterocycles. The molecule has 0 aliphatic carbocycles. The van der Waals surface area contributed by atoms with Gasteiger partial charge < -0.3 is 29.5 Å². The van der Waals surface area contributed by atoms with Gasteiger partial charge in [0.2, 0.25) is 5.91 Å². The number of aryl methyl sites for hydroxylation is 1. The number of esters is 1. The fraction of sp³-hybridized carbons (Fsp3) is 0.238. The molecule has 2 aliphatic rings. The van der Waals surface area contributed by atoms with Gasteiger partial charge in [0, 0.05) is 36.8 Å². The number of phenols is 1. The number of nitrogens with zero attached hydrogens (tertiary/aromatic N) is 2. The minimum Gasteiger partial charge on any atom is -0.508 e. The van der Waals surface area contributed by atoms with Crippen LogP contribution in [-0.4, -0.2) is 58.6 Å². The number of rotatable bonds is 8. The number of aromatic nitrogens is 1. The van der Waals surface area contributed by atoms with Crippen LogP contribution in [0, 0.1) is 13.8 Å². The molecule has 4 aromatic carbocycles. The summed E-state index contributed by atoms with van der Waals surface area (Å²) >= 11 is 0. The van der Waals surface area contributed by atoms with Gasteiger partial charge in [0.15, 0.2) is 17.6 Å². The van der Waals surface area contributed by atoms with Crippen LogP contribution in [0.25, 0.3) is 11.1 Å². The molecule has 1 aromatic heterocycles. The van der Waals surface area contributed by atoms with Crippen LogP contribution in [0.3, 0.4) is 0 Å². The molecule has 0 bridgehead atoms. The van der Waals surface area contributed by atoms with E-state index < -0.39 is 24.0 Å². The van der Waals surface area contributed by atoms with Crippen molar-refractivity contribution in [1.82, 2.24) is 15.2 Å². The zero-order valence-electron chi connectivity index (χ0n) is 29.2. The number of hydrogen-bond acceptors (Lipinski definition) is 8. The summed E-state index contributed by atoms with van der Waals surface area (Å²) in [4.78, 5) is 47.2. The Hall–Kier alpha value is -6.16. The summed E-state index contributed by atoms with van der Waals surface area (Å²) in [5.41, 5.74) is 7.95. The van der Waals surface area contributed by atoms with Gasteiger partial charge in [0.25, 0.3) is 5.91 Å². The molecule has 0 saturated carbocycles. The molecule has 3 heterocycles. The monoisotopic (exact) mass is 697 g/mol. The number of carbonyl (C=O) groups is 3. The highest BCUT2D eigenvalue weighted by atomic mass is 16.6. The van der Waals surface area contributed by atoms with Gasteiger partial charge in [-0.05, 0) is 95.3 Å². The second-order valence-electron chi connectivity index (χ2n) is 13.1. The van der Waals surface area contributed by atoms with E-state index in [2.05, 4.69) is 10.3 Å². The average molecular weight is 698 g/mol. The highest BCUT2D eigenvalue weighted by molar-refractivity contribution is 5.98. The van der Waals surface area contributed by atoms with Gasteiger partial charge >= 0.3 is 5.97 Å². The fourth-order valence-electron chi connectivity index (χ4n) is 6.81. The third-order valence-corrected chi connectivity index (χ3v) is 9.87. The average Bonchev–Trinajstić information content (AvgIpc) is 3.17. The van der Waals surface area contributed by atoms with Crippen LogP contribution in [-0.2, 0) is 33.7 Å². The summed E-state index contributed by atoms with van der Waals surface area (Å²) in [6.45, 7) is 4.42. The molecule has 264 valence electrons. The van der Waals surface area contributed by atoms with Crippen LogP contribution in [0.2, 0.25) is 0 Å². The Morgan fingerprint density at radius 3 is 2.40 bits per heavy atom. The van der Waals surface area contributed by atoms with E-state index in [4.69, 9.17) is 14.2 Å². The van der Waals surface area contributed by atoms with E-state index in [0.717, 1.165) is 44.6 Å². The molecular formula is C42H39N3O7. The molecule has 52 heavy (non-hydrogen) atoms. The number of aromatic hydroxyl groups is 1. The van der Waals surface area contributed by atoms with Crippen molar-refractivity contribution >= 4 is 17.8 Å². The molecule has 0 radical (unpaired) electrons. The molecule has 2 N–H and O–H groups in total. The number of carbonyl (C=O) groups excluding carboxylic acids is 3. The quantitative estimate of drug-likeness (QED) is 0.188. The lowest BCUT2D eigenvalue weighted by molar-refractivity contribution is -0.145. The summed E-state index contributed by atoms with van der Waals surface area (Å²) in [5, 5.41) is 12.6. The standard InChI is InChI=1S/C42H39N3O7/c1-25-26(2)43-18-17-34(25)28-11-9-27(10-12-28)19-35(42(49)50-3)44-40(47)36-20-31-21-37-38(52-39(24-51-37)29-13-15-33(46)16-14-29)22-32(31)23-45(36)41(48)30-7-5-4-6-8-30/h4-18,21-22,35-36,39,46H,19-20,23-24H2,1-3H3,(H,44,47)/t35-,36-,39?/m0/s1. The predicted octanol–water partition coefficient (Wildman–Crippen LogP) is 6.05. The van der Waals surface area contributed by atoms with Crippen molar-refractivity contribution in [2.75, 3.05) is 13.7 Å².